The van der Waals surface area contributed by atoms with Gasteiger partial charge in [-0.2, -0.15) is 13.5 Å². The van der Waals surface area contributed by atoms with E-state index in [1.165, 1.54) is 0 Å². The number of amidine groups is 1. The second kappa shape index (κ2) is 4.65. The molecule has 0 amide bonds. The first-order chi connectivity index (χ1) is 7.33. The van der Waals surface area contributed by atoms with Gasteiger partial charge in [0.25, 0.3) is 0 Å². The number of nitrogens with two attached hydrogens (primary N) is 1. The minimum absolute atomic E-state index is 0.218. The molecular weight excluding hydrogens is 240 g/mol. The summed E-state index contributed by atoms with van der Waals surface area (Å²) in [6, 6.07) is 0. The standard InChI is InChI=1S/C6H12N4O5S/c1-2-14-5-3-4(7)10(6(8)9-5)15-16(11,12)13/h3,6-7,9H,2,8H2,1H3,(H,11,12,13). The lowest BCUT2D eigenvalue weighted by Crippen LogP contribution is -2.57. The van der Waals surface area contributed by atoms with Crippen LogP contribution in [0.3, 0.4) is 0 Å². The normalized spacial score (nSPS) is 21.4. The van der Waals surface area contributed by atoms with Crippen molar-refractivity contribution in [3.63, 3.8) is 0 Å². The summed E-state index contributed by atoms with van der Waals surface area (Å²) in [6.45, 7) is 2.09. The van der Waals surface area contributed by atoms with Crippen LogP contribution < -0.4 is 11.1 Å². The molecule has 9 nitrogen and oxygen atoms in total. The van der Waals surface area contributed by atoms with Crippen molar-refractivity contribution in [3.05, 3.63) is 12.0 Å². The zero-order chi connectivity index (χ0) is 12.3. The van der Waals surface area contributed by atoms with Crippen LogP contribution in [0.2, 0.25) is 0 Å². The van der Waals surface area contributed by atoms with E-state index in [9.17, 15) is 8.42 Å². The van der Waals surface area contributed by atoms with Crippen LogP contribution in [0.15, 0.2) is 12.0 Å². The van der Waals surface area contributed by atoms with Crippen molar-refractivity contribution in [2.24, 2.45) is 5.73 Å². The molecule has 10 heteroatoms. The predicted molar refractivity (Wildman–Crippen MR) is 53.0 cm³/mol. The van der Waals surface area contributed by atoms with Crippen molar-refractivity contribution in [3.8, 4) is 0 Å². The molecule has 16 heavy (non-hydrogen) atoms. The number of rotatable bonds is 4. The summed E-state index contributed by atoms with van der Waals surface area (Å²) >= 11 is 0. The SMILES string of the molecule is CCOC1=CC(=N)N(OS(=O)(=O)O)C(N)N1. The van der Waals surface area contributed by atoms with Gasteiger partial charge < -0.3 is 10.1 Å². The van der Waals surface area contributed by atoms with Crippen LogP contribution in [0.25, 0.3) is 0 Å². The van der Waals surface area contributed by atoms with Crippen LogP contribution >= 0.6 is 0 Å². The third-order valence-electron chi connectivity index (χ3n) is 1.52. The quantitative estimate of drug-likeness (QED) is 0.454. The van der Waals surface area contributed by atoms with E-state index >= 15 is 0 Å². The number of hydrogen-bond donors (Lipinski definition) is 4. The molecule has 1 aliphatic rings. The molecule has 0 aromatic rings. The fraction of sp³-hybridized carbons (Fsp3) is 0.500. The van der Waals surface area contributed by atoms with E-state index in [4.69, 9.17) is 20.4 Å². The Morgan fingerprint density at radius 2 is 2.38 bits per heavy atom. The molecule has 92 valence electrons. The highest BCUT2D eigenvalue weighted by atomic mass is 32.3. The Morgan fingerprint density at radius 1 is 1.75 bits per heavy atom. The van der Waals surface area contributed by atoms with Crippen LogP contribution in [-0.2, 0) is 19.4 Å². The summed E-state index contributed by atoms with van der Waals surface area (Å²) in [5.41, 5.74) is 5.45. The summed E-state index contributed by atoms with van der Waals surface area (Å²) < 4.78 is 38.5. The molecule has 1 rings (SSSR count). The van der Waals surface area contributed by atoms with Crippen LogP contribution in [-0.4, -0.2) is 36.8 Å². The molecule has 1 heterocycles. The molecule has 0 bridgehead atoms. The molecule has 0 saturated heterocycles. The van der Waals surface area contributed by atoms with Crippen LogP contribution in [0.4, 0.5) is 0 Å². The van der Waals surface area contributed by atoms with Gasteiger partial charge in [0.1, 0.15) is 0 Å². The Kier molecular flexibility index (Phi) is 3.70. The van der Waals surface area contributed by atoms with Crippen LogP contribution in [0, 0.1) is 5.41 Å². The summed E-state index contributed by atoms with van der Waals surface area (Å²) in [5, 5.41) is 10.4. The molecule has 0 aromatic carbocycles. The highest BCUT2D eigenvalue weighted by Gasteiger charge is 2.28. The number of nitrogens with one attached hydrogen (secondary N) is 2. The van der Waals surface area contributed by atoms with E-state index < -0.39 is 16.7 Å². The Balaban J connectivity index is 2.80. The maximum Gasteiger partial charge on any atom is 0.418 e. The fourth-order valence-corrected chi connectivity index (χ4v) is 1.39. The number of hydroxylamine groups is 2. The van der Waals surface area contributed by atoms with E-state index in [1.807, 2.05) is 0 Å². The monoisotopic (exact) mass is 252 g/mol. The van der Waals surface area contributed by atoms with Crippen molar-refractivity contribution < 1.29 is 22.0 Å². The van der Waals surface area contributed by atoms with Gasteiger partial charge in [0.05, 0.1) is 6.61 Å². The van der Waals surface area contributed by atoms with E-state index in [0.29, 0.717) is 11.7 Å². The summed E-state index contributed by atoms with van der Waals surface area (Å²) in [7, 11) is -4.72. The summed E-state index contributed by atoms with van der Waals surface area (Å²) in [6.07, 6.45) is 0.0128. The highest BCUT2D eigenvalue weighted by molar-refractivity contribution is 7.80. The van der Waals surface area contributed by atoms with E-state index in [2.05, 4.69) is 9.60 Å². The van der Waals surface area contributed by atoms with Crippen LogP contribution in [0.5, 0.6) is 0 Å². The second-order valence-corrected chi connectivity index (χ2v) is 3.75. The maximum absolute atomic E-state index is 10.5. The Morgan fingerprint density at radius 3 is 2.81 bits per heavy atom. The number of nitrogens with zero attached hydrogens (tertiary/aromatic N) is 1. The van der Waals surface area contributed by atoms with Gasteiger partial charge >= 0.3 is 10.4 Å². The van der Waals surface area contributed by atoms with Gasteiger partial charge in [0.15, 0.2) is 18.0 Å². The lowest BCUT2D eigenvalue weighted by molar-refractivity contribution is -0.0426. The van der Waals surface area contributed by atoms with E-state index in [1.54, 1.807) is 6.92 Å². The van der Waals surface area contributed by atoms with Gasteiger partial charge in [-0.25, -0.2) is 0 Å². The highest BCUT2D eigenvalue weighted by Crippen LogP contribution is 2.09. The topological polar surface area (TPSA) is 138 Å². The second-order valence-electron chi connectivity index (χ2n) is 2.74. The minimum atomic E-state index is -4.72. The molecule has 0 saturated carbocycles. The predicted octanol–water partition coefficient (Wildman–Crippen LogP) is -1.28. The molecule has 0 spiro atoms. The molecular formula is C6H12N4O5S. The van der Waals surface area contributed by atoms with Gasteiger partial charge in [-0.05, 0) is 6.92 Å². The first kappa shape index (κ1) is 12.7. The Hall–Kier alpha value is -1.36. The van der Waals surface area contributed by atoms with Crippen molar-refractivity contribution in [2.45, 2.75) is 13.2 Å². The van der Waals surface area contributed by atoms with Gasteiger partial charge in [-0.3, -0.25) is 15.7 Å². The molecule has 1 atom stereocenters. The third-order valence-corrected chi connectivity index (χ3v) is 1.87. The minimum Gasteiger partial charge on any atom is -0.479 e. The molecule has 5 N–H and O–H groups in total. The van der Waals surface area contributed by atoms with Gasteiger partial charge in [-0.1, -0.05) is 0 Å². The zero-order valence-electron chi connectivity index (χ0n) is 8.37. The number of hydrogen-bond acceptors (Lipinski definition) is 7. The lowest BCUT2D eigenvalue weighted by atomic mass is 10.4. The molecule has 1 unspecified atom stereocenters. The average Bonchev–Trinajstić information content (AvgIpc) is 2.10. The van der Waals surface area contributed by atoms with E-state index in [0.717, 1.165) is 6.08 Å². The van der Waals surface area contributed by atoms with Gasteiger partial charge in [0, 0.05) is 6.08 Å². The lowest BCUT2D eigenvalue weighted by Gasteiger charge is -2.31. The Labute approximate surface area is 92.2 Å². The summed E-state index contributed by atoms with van der Waals surface area (Å²) in [5.74, 6) is -0.150. The van der Waals surface area contributed by atoms with Gasteiger partial charge in [0.2, 0.25) is 0 Å². The number of ether oxygens (including phenoxy) is 1. The van der Waals surface area contributed by atoms with Crippen molar-refractivity contribution in [1.29, 1.82) is 5.41 Å². The molecule has 0 fully saturated rings. The van der Waals surface area contributed by atoms with Crippen molar-refractivity contribution in [2.75, 3.05) is 6.61 Å². The first-order valence-electron chi connectivity index (χ1n) is 4.25. The zero-order valence-corrected chi connectivity index (χ0v) is 9.19. The third kappa shape index (κ3) is 3.34. The van der Waals surface area contributed by atoms with Crippen molar-refractivity contribution in [1.82, 2.24) is 10.4 Å². The molecule has 0 aromatic heterocycles. The largest absolute Gasteiger partial charge is 0.479 e. The fourth-order valence-electron chi connectivity index (χ4n) is 1.01. The molecule has 1 aliphatic heterocycles. The first-order valence-corrected chi connectivity index (χ1v) is 5.61. The van der Waals surface area contributed by atoms with E-state index in [-0.39, 0.29) is 11.7 Å². The van der Waals surface area contributed by atoms with Crippen molar-refractivity contribution >= 4 is 16.2 Å². The smallest absolute Gasteiger partial charge is 0.418 e. The molecule has 0 aliphatic carbocycles. The molecule has 0 radical (unpaired) electrons. The van der Waals surface area contributed by atoms with Gasteiger partial charge in [-0.15, -0.1) is 4.28 Å². The maximum atomic E-state index is 10.5. The summed E-state index contributed by atoms with van der Waals surface area (Å²) in [4.78, 5) is 0. The Bertz CT molecular complexity index is 405. The van der Waals surface area contributed by atoms with Crippen LogP contribution in [0.1, 0.15) is 6.92 Å². The average molecular weight is 252 g/mol.